The van der Waals surface area contributed by atoms with Gasteiger partial charge in [-0.05, 0) is 67.5 Å². The molecule has 1 aromatic heterocycles. The van der Waals surface area contributed by atoms with Gasteiger partial charge >= 0.3 is 0 Å². The van der Waals surface area contributed by atoms with Crippen LogP contribution in [0.5, 0.6) is 11.5 Å². The third-order valence-electron chi connectivity index (χ3n) is 4.28. The number of aromatic nitrogens is 2. The van der Waals surface area contributed by atoms with E-state index in [1.807, 2.05) is 12.1 Å². The number of phenols is 1. The first-order valence-corrected chi connectivity index (χ1v) is 8.20. The first-order chi connectivity index (χ1) is 12.5. The summed E-state index contributed by atoms with van der Waals surface area (Å²) in [6.07, 6.45) is 3.11. The number of aryl methyl sites for hydroxylation is 2. The number of allylic oxidation sites excluding steroid dienone is 1. The number of benzene rings is 2. The lowest BCUT2D eigenvalue weighted by Crippen LogP contribution is -1.94. The van der Waals surface area contributed by atoms with Gasteiger partial charge in [0.25, 0.3) is 0 Å². The molecule has 2 N–H and O–H groups in total. The predicted octanol–water partition coefficient (Wildman–Crippen LogP) is 4.30. The van der Waals surface area contributed by atoms with Crippen molar-refractivity contribution >= 4 is 11.9 Å². The Labute approximate surface area is 152 Å². The molecule has 5 nitrogen and oxygen atoms in total. The molecule has 0 aliphatic heterocycles. The maximum atomic E-state index is 12.3. The van der Waals surface area contributed by atoms with E-state index in [1.165, 1.54) is 30.4 Å². The minimum Gasteiger partial charge on any atom is -0.504 e. The fourth-order valence-corrected chi connectivity index (χ4v) is 2.58. The van der Waals surface area contributed by atoms with Crippen molar-refractivity contribution in [1.82, 2.24) is 10.2 Å². The van der Waals surface area contributed by atoms with E-state index in [4.69, 9.17) is 4.74 Å². The molecule has 0 aliphatic carbocycles. The molecule has 2 aromatic carbocycles. The van der Waals surface area contributed by atoms with Gasteiger partial charge in [-0.1, -0.05) is 12.1 Å². The Morgan fingerprint density at radius 1 is 1.12 bits per heavy atom. The number of aromatic amines is 1. The predicted molar refractivity (Wildman–Crippen MR) is 102 cm³/mol. The summed E-state index contributed by atoms with van der Waals surface area (Å²) in [7, 11) is 1.46. The van der Waals surface area contributed by atoms with Crippen molar-refractivity contribution < 1.29 is 14.6 Å². The molecule has 0 aliphatic rings. The molecule has 0 saturated heterocycles. The van der Waals surface area contributed by atoms with E-state index in [-0.39, 0.29) is 11.5 Å². The smallest absolute Gasteiger partial charge is 0.186 e. The van der Waals surface area contributed by atoms with E-state index in [2.05, 4.69) is 36.2 Å². The van der Waals surface area contributed by atoms with Crippen LogP contribution < -0.4 is 4.74 Å². The van der Waals surface area contributed by atoms with Gasteiger partial charge < -0.3 is 9.84 Å². The summed E-state index contributed by atoms with van der Waals surface area (Å²) in [5.41, 5.74) is 5.39. The summed E-state index contributed by atoms with van der Waals surface area (Å²) < 4.78 is 4.98. The molecular weight excluding hydrogens is 328 g/mol. The highest BCUT2D eigenvalue weighted by Crippen LogP contribution is 2.26. The maximum Gasteiger partial charge on any atom is 0.186 e. The number of aromatic hydroxyl groups is 1. The molecule has 0 unspecified atom stereocenters. The number of ether oxygens (including phenoxy) is 1. The molecule has 1 heterocycles. The molecule has 0 atom stereocenters. The van der Waals surface area contributed by atoms with E-state index >= 15 is 0 Å². The first kappa shape index (κ1) is 17.5. The highest BCUT2D eigenvalue weighted by atomic mass is 16.5. The van der Waals surface area contributed by atoms with Crippen LogP contribution in [0, 0.1) is 13.8 Å². The number of ketones is 1. The van der Waals surface area contributed by atoms with Crippen molar-refractivity contribution in [1.29, 1.82) is 0 Å². The van der Waals surface area contributed by atoms with Gasteiger partial charge in [-0.3, -0.25) is 9.89 Å². The number of carbonyl (C=O) groups excluding carboxylic acids is 1. The topological polar surface area (TPSA) is 75.2 Å². The Morgan fingerprint density at radius 2 is 1.92 bits per heavy atom. The van der Waals surface area contributed by atoms with Gasteiger partial charge in [-0.15, -0.1) is 0 Å². The van der Waals surface area contributed by atoms with Gasteiger partial charge in [0.2, 0.25) is 0 Å². The monoisotopic (exact) mass is 348 g/mol. The molecule has 132 valence electrons. The van der Waals surface area contributed by atoms with Crippen LogP contribution in [0.1, 0.15) is 27.2 Å². The van der Waals surface area contributed by atoms with Gasteiger partial charge in [0.05, 0.1) is 18.5 Å². The number of phenolic OH excluding ortho intramolecular Hbond substituents is 1. The number of H-pyrrole nitrogens is 1. The second-order valence-electron chi connectivity index (χ2n) is 6.09. The van der Waals surface area contributed by atoms with Crippen molar-refractivity contribution in [3.05, 3.63) is 70.9 Å². The second-order valence-corrected chi connectivity index (χ2v) is 6.09. The van der Waals surface area contributed by atoms with E-state index in [9.17, 15) is 9.90 Å². The number of rotatable bonds is 5. The number of nitrogens with zero attached hydrogens (tertiary/aromatic N) is 1. The fraction of sp³-hybridized carbons (Fsp3) is 0.143. The average molecular weight is 348 g/mol. The van der Waals surface area contributed by atoms with Crippen molar-refractivity contribution in [2.45, 2.75) is 13.8 Å². The Hall–Kier alpha value is -3.34. The molecule has 0 fully saturated rings. The van der Waals surface area contributed by atoms with Crippen molar-refractivity contribution in [3.8, 4) is 22.8 Å². The molecule has 26 heavy (non-hydrogen) atoms. The van der Waals surface area contributed by atoms with Crippen LogP contribution >= 0.6 is 0 Å². The number of carbonyl (C=O) groups is 1. The molecule has 5 heteroatoms. The van der Waals surface area contributed by atoms with Crippen molar-refractivity contribution in [2.75, 3.05) is 7.11 Å². The van der Waals surface area contributed by atoms with Crippen LogP contribution in [0.15, 0.2) is 48.5 Å². The minimum absolute atomic E-state index is 0.0645. The van der Waals surface area contributed by atoms with Gasteiger partial charge in [0, 0.05) is 11.1 Å². The molecular formula is C21H20N2O3. The lowest BCUT2D eigenvalue weighted by Gasteiger charge is -2.03. The standard InChI is InChI=1S/C21H20N2O3/c1-13-4-5-15(10-14(13)2)18-12-17(22-23-18)7-8-19(24)16-6-9-21(26-3)20(25)11-16/h4-12,25H,1-3H3,(H,22,23)/b8-7+. The lowest BCUT2D eigenvalue weighted by atomic mass is 10.0. The number of methoxy groups -OCH3 is 1. The Kier molecular flexibility index (Phi) is 4.89. The maximum absolute atomic E-state index is 12.3. The molecule has 0 spiro atoms. The summed E-state index contributed by atoms with van der Waals surface area (Å²) in [4.78, 5) is 12.3. The van der Waals surface area contributed by atoms with E-state index in [0.29, 0.717) is 11.3 Å². The highest BCUT2D eigenvalue weighted by molar-refractivity contribution is 6.07. The van der Waals surface area contributed by atoms with E-state index in [0.717, 1.165) is 17.0 Å². The second kappa shape index (κ2) is 7.27. The molecule has 0 amide bonds. The summed E-state index contributed by atoms with van der Waals surface area (Å²) in [6, 6.07) is 12.6. The summed E-state index contributed by atoms with van der Waals surface area (Å²) in [5.74, 6) is 0.0488. The molecule has 0 saturated carbocycles. The van der Waals surface area contributed by atoms with Crippen LogP contribution in [0.25, 0.3) is 17.3 Å². The van der Waals surface area contributed by atoms with Crippen LogP contribution in [-0.2, 0) is 0 Å². The lowest BCUT2D eigenvalue weighted by molar-refractivity contribution is 0.104. The number of hydrogen-bond donors (Lipinski definition) is 2. The van der Waals surface area contributed by atoms with Crippen molar-refractivity contribution in [2.24, 2.45) is 0 Å². The quantitative estimate of drug-likeness (QED) is 0.532. The zero-order chi connectivity index (χ0) is 18.7. The Morgan fingerprint density at radius 3 is 2.62 bits per heavy atom. The first-order valence-electron chi connectivity index (χ1n) is 8.20. The van der Waals surface area contributed by atoms with Crippen molar-refractivity contribution in [3.63, 3.8) is 0 Å². The zero-order valence-corrected chi connectivity index (χ0v) is 14.9. The third-order valence-corrected chi connectivity index (χ3v) is 4.28. The SMILES string of the molecule is COc1ccc(C(=O)/C=C/c2cc(-c3ccc(C)c(C)c3)n[nH]2)cc1O. The Bertz CT molecular complexity index is 987. The number of nitrogens with one attached hydrogen (secondary N) is 1. The fourth-order valence-electron chi connectivity index (χ4n) is 2.58. The molecule has 3 rings (SSSR count). The molecule has 3 aromatic rings. The number of hydrogen-bond acceptors (Lipinski definition) is 4. The van der Waals surface area contributed by atoms with E-state index < -0.39 is 0 Å². The minimum atomic E-state index is -0.217. The van der Waals surface area contributed by atoms with Crippen LogP contribution in [-0.4, -0.2) is 28.2 Å². The molecule has 0 bridgehead atoms. The summed E-state index contributed by atoms with van der Waals surface area (Å²) in [6.45, 7) is 4.13. The average Bonchev–Trinajstić information content (AvgIpc) is 3.11. The van der Waals surface area contributed by atoms with Gasteiger partial charge in [0.1, 0.15) is 0 Å². The normalized spacial score (nSPS) is 11.0. The summed E-state index contributed by atoms with van der Waals surface area (Å²) in [5, 5.41) is 17.0. The van der Waals surface area contributed by atoms with E-state index in [1.54, 1.807) is 18.2 Å². The highest BCUT2D eigenvalue weighted by Gasteiger charge is 2.08. The Balaban J connectivity index is 1.76. The third kappa shape index (κ3) is 3.67. The zero-order valence-electron chi connectivity index (χ0n) is 14.9. The van der Waals surface area contributed by atoms with Crippen LogP contribution in [0.3, 0.4) is 0 Å². The summed E-state index contributed by atoms with van der Waals surface area (Å²) >= 11 is 0. The van der Waals surface area contributed by atoms with Gasteiger partial charge in [-0.25, -0.2) is 0 Å². The van der Waals surface area contributed by atoms with Gasteiger partial charge in [0.15, 0.2) is 17.3 Å². The largest absolute Gasteiger partial charge is 0.504 e. The van der Waals surface area contributed by atoms with Crippen LogP contribution in [0.2, 0.25) is 0 Å². The molecule has 0 radical (unpaired) electrons. The van der Waals surface area contributed by atoms with Gasteiger partial charge in [-0.2, -0.15) is 5.10 Å². The van der Waals surface area contributed by atoms with Crippen LogP contribution in [0.4, 0.5) is 0 Å².